The number of carbonyl (C=O) groups is 1. The Hall–Kier alpha value is -1.85. The number of allylic oxidation sites excluding steroid dienone is 3. The van der Waals surface area contributed by atoms with E-state index >= 15 is 0 Å². The van der Waals surface area contributed by atoms with Crippen LogP contribution in [-0.4, -0.2) is 26.9 Å². The van der Waals surface area contributed by atoms with Gasteiger partial charge in [0.15, 0.2) is 5.78 Å². The minimum atomic E-state index is -0.450. The van der Waals surface area contributed by atoms with Crippen LogP contribution < -0.4 is 34.2 Å². The molecule has 1 aromatic carbocycles. The van der Waals surface area contributed by atoms with Gasteiger partial charge in [-0.1, -0.05) is 26.0 Å². The molecule has 0 amide bonds. The minimum Gasteiger partial charge on any atom is -1.00 e. The lowest BCUT2D eigenvalue weighted by molar-refractivity contribution is -0.119. The van der Waals surface area contributed by atoms with Gasteiger partial charge in [0.2, 0.25) is 5.88 Å². The number of nitrogens with zero attached hydrogens (tertiary/aromatic N) is 2. The molecule has 0 fully saturated rings. The summed E-state index contributed by atoms with van der Waals surface area (Å²) in [5.74, 6) is 0.312. The fraction of sp³-hybridized carbons (Fsp3) is 0.429. The lowest BCUT2D eigenvalue weighted by atomic mass is 9.70. The van der Waals surface area contributed by atoms with Gasteiger partial charge in [-0.25, -0.2) is 0 Å². The molecule has 0 bridgehead atoms. The SMILES string of the molecule is CC1(C)CC(=O)C2=C(C1)OC(N)=C(C#N)C2c1ccc([N+](C)(C)C)cc1.[I-]. The molecule has 1 aliphatic heterocycles. The van der Waals surface area contributed by atoms with Crippen molar-refractivity contribution in [1.82, 2.24) is 4.48 Å². The number of nitrogens with two attached hydrogens (primary N) is 1. The Morgan fingerprint density at radius 2 is 1.78 bits per heavy atom. The Morgan fingerprint density at radius 1 is 1.19 bits per heavy atom. The Bertz CT molecular complexity index is 868. The molecule has 2 aliphatic rings. The highest BCUT2D eigenvalue weighted by atomic mass is 127. The largest absolute Gasteiger partial charge is 1.00 e. The molecule has 0 radical (unpaired) electrons. The number of ether oxygens (including phenoxy) is 1. The van der Waals surface area contributed by atoms with Gasteiger partial charge in [0.1, 0.15) is 23.1 Å². The van der Waals surface area contributed by atoms with Gasteiger partial charge in [-0.2, -0.15) is 5.26 Å². The van der Waals surface area contributed by atoms with Crippen LogP contribution >= 0.6 is 0 Å². The number of ketones is 1. The van der Waals surface area contributed by atoms with Crippen LogP contribution in [0.5, 0.6) is 0 Å². The van der Waals surface area contributed by atoms with Crippen molar-refractivity contribution in [3.63, 3.8) is 0 Å². The van der Waals surface area contributed by atoms with Crippen molar-refractivity contribution in [2.24, 2.45) is 11.1 Å². The second-order valence-corrected chi connectivity index (χ2v) is 8.81. The Balaban J connectivity index is 0.00000261. The highest BCUT2D eigenvalue weighted by molar-refractivity contribution is 6.00. The smallest absolute Gasteiger partial charge is 0.205 e. The molecule has 0 saturated heterocycles. The highest BCUT2D eigenvalue weighted by Gasteiger charge is 2.42. The van der Waals surface area contributed by atoms with Crippen LogP contribution in [0.4, 0.5) is 5.69 Å². The Labute approximate surface area is 178 Å². The third kappa shape index (κ3) is 4.04. The van der Waals surface area contributed by atoms with Crippen molar-refractivity contribution in [2.45, 2.75) is 32.6 Å². The number of halogens is 1. The highest BCUT2D eigenvalue weighted by Crippen LogP contribution is 2.47. The summed E-state index contributed by atoms with van der Waals surface area (Å²) in [5.41, 5.74) is 8.82. The van der Waals surface area contributed by atoms with Crippen LogP contribution in [0.25, 0.3) is 0 Å². The van der Waals surface area contributed by atoms with Crippen molar-refractivity contribution in [3.8, 4) is 6.07 Å². The fourth-order valence-corrected chi connectivity index (χ4v) is 3.73. The van der Waals surface area contributed by atoms with E-state index in [4.69, 9.17) is 10.5 Å². The van der Waals surface area contributed by atoms with Gasteiger partial charge in [-0.3, -0.25) is 9.28 Å². The van der Waals surface area contributed by atoms with E-state index in [9.17, 15) is 10.1 Å². The first-order chi connectivity index (χ1) is 12.0. The van der Waals surface area contributed by atoms with Gasteiger partial charge in [-0.15, -0.1) is 0 Å². The molecule has 0 spiro atoms. The molecule has 144 valence electrons. The van der Waals surface area contributed by atoms with Gasteiger partial charge in [-0.05, 0) is 23.1 Å². The first kappa shape index (κ1) is 21.5. The third-order valence-electron chi connectivity index (χ3n) is 5.08. The lowest BCUT2D eigenvalue weighted by Crippen LogP contribution is -3.00. The molecule has 1 atom stereocenters. The van der Waals surface area contributed by atoms with E-state index in [2.05, 4.69) is 27.2 Å². The Kier molecular flexibility index (Phi) is 5.79. The molecule has 1 heterocycles. The zero-order chi connectivity index (χ0) is 19.3. The number of quaternary nitrogens is 1. The van der Waals surface area contributed by atoms with E-state index in [1.54, 1.807) is 0 Å². The average Bonchev–Trinajstić information content (AvgIpc) is 2.51. The summed E-state index contributed by atoms with van der Waals surface area (Å²) in [6.07, 6.45) is 1.09. The number of hydrogen-bond donors (Lipinski definition) is 1. The van der Waals surface area contributed by atoms with E-state index in [1.807, 2.05) is 38.1 Å². The number of rotatable bonds is 2. The monoisotopic (exact) mass is 479 g/mol. The number of carbonyl (C=O) groups excluding carboxylic acids is 1. The quantitative estimate of drug-likeness (QED) is 0.491. The summed E-state index contributed by atoms with van der Waals surface area (Å²) in [4.78, 5) is 12.9. The second kappa shape index (κ2) is 7.28. The normalized spacial score (nSPS) is 21.8. The van der Waals surface area contributed by atoms with E-state index in [0.29, 0.717) is 34.2 Å². The summed E-state index contributed by atoms with van der Waals surface area (Å²) in [6.45, 7) is 4.09. The van der Waals surface area contributed by atoms with Crippen molar-refractivity contribution in [3.05, 3.63) is 52.6 Å². The van der Waals surface area contributed by atoms with Crippen LogP contribution in [0.3, 0.4) is 0 Å². The van der Waals surface area contributed by atoms with Crippen molar-refractivity contribution >= 4 is 11.5 Å². The van der Waals surface area contributed by atoms with E-state index in [1.165, 1.54) is 0 Å². The zero-order valence-electron chi connectivity index (χ0n) is 16.5. The van der Waals surface area contributed by atoms with Crippen LogP contribution in [0, 0.1) is 16.7 Å². The van der Waals surface area contributed by atoms with Crippen LogP contribution in [0.1, 0.15) is 38.2 Å². The van der Waals surface area contributed by atoms with Gasteiger partial charge < -0.3 is 34.4 Å². The molecule has 5 nitrogen and oxygen atoms in total. The summed E-state index contributed by atoms with van der Waals surface area (Å²) in [5, 5.41) is 9.65. The molecule has 2 N–H and O–H groups in total. The molecule has 1 aliphatic carbocycles. The van der Waals surface area contributed by atoms with Crippen molar-refractivity contribution < 1.29 is 33.5 Å². The third-order valence-corrected chi connectivity index (χ3v) is 5.08. The number of hydrogen-bond acceptors (Lipinski definition) is 4. The molecular formula is C21H26IN3O2. The van der Waals surface area contributed by atoms with Gasteiger partial charge in [0.05, 0.1) is 27.1 Å². The predicted molar refractivity (Wildman–Crippen MR) is 102 cm³/mol. The zero-order valence-corrected chi connectivity index (χ0v) is 18.6. The molecule has 0 aromatic heterocycles. The summed E-state index contributed by atoms with van der Waals surface area (Å²) < 4.78 is 6.41. The maximum Gasteiger partial charge on any atom is 0.205 e. The molecule has 0 saturated carbocycles. The molecule has 1 aromatic rings. The summed E-state index contributed by atoms with van der Waals surface area (Å²) in [6, 6.07) is 10.2. The number of Topliss-reactive ketones (excluding diaryl/α,β-unsaturated/α-hetero) is 1. The molecule has 3 rings (SSSR count). The van der Waals surface area contributed by atoms with Gasteiger partial charge >= 0.3 is 0 Å². The second-order valence-electron chi connectivity index (χ2n) is 8.81. The van der Waals surface area contributed by atoms with Crippen LogP contribution in [0.2, 0.25) is 0 Å². The number of nitriles is 1. The molecule has 27 heavy (non-hydrogen) atoms. The van der Waals surface area contributed by atoms with Crippen LogP contribution in [0.15, 0.2) is 47.1 Å². The van der Waals surface area contributed by atoms with Gasteiger partial charge in [0.25, 0.3) is 0 Å². The first-order valence-corrected chi connectivity index (χ1v) is 8.79. The average molecular weight is 479 g/mol. The first-order valence-electron chi connectivity index (χ1n) is 8.79. The minimum absolute atomic E-state index is 0. The predicted octanol–water partition coefficient (Wildman–Crippen LogP) is 0.338. The van der Waals surface area contributed by atoms with Gasteiger partial charge in [0, 0.05) is 18.4 Å². The maximum absolute atomic E-state index is 12.9. The standard InChI is InChI=1S/C21H26N3O2.HI/c1-21(2)10-16(25)19-17(11-21)26-20(23)15(12-22)18(19)13-6-8-14(9-7-13)24(3,4)5;/h6-9,18H,10-11,23H2,1-5H3;1H/q+1;/p-1. The maximum atomic E-state index is 12.9. The topological polar surface area (TPSA) is 76.1 Å². The Morgan fingerprint density at radius 3 is 2.30 bits per heavy atom. The van der Waals surface area contributed by atoms with E-state index < -0.39 is 5.92 Å². The molecule has 6 heteroatoms. The molecular weight excluding hydrogens is 453 g/mol. The van der Waals surface area contributed by atoms with E-state index in [0.717, 1.165) is 11.3 Å². The number of benzene rings is 1. The molecule has 1 unspecified atom stereocenters. The lowest BCUT2D eigenvalue weighted by Gasteiger charge is -2.37. The van der Waals surface area contributed by atoms with Crippen molar-refractivity contribution in [1.29, 1.82) is 5.26 Å². The summed E-state index contributed by atoms with van der Waals surface area (Å²) in [7, 11) is 6.28. The van der Waals surface area contributed by atoms with E-state index in [-0.39, 0.29) is 41.1 Å². The fourth-order valence-electron chi connectivity index (χ4n) is 3.73. The van der Waals surface area contributed by atoms with Crippen molar-refractivity contribution in [2.75, 3.05) is 21.1 Å². The summed E-state index contributed by atoms with van der Waals surface area (Å²) >= 11 is 0. The van der Waals surface area contributed by atoms with Crippen LogP contribution in [-0.2, 0) is 9.53 Å².